The first-order chi connectivity index (χ1) is 11.9. The van der Waals surface area contributed by atoms with E-state index in [4.69, 9.17) is 4.74 Å². The minimum absolute atomic E-state index is 0.331. The highest BCUT2D eigenvalue weighted by Crippen LogP contribution is 2.26. The Bertz CT molecular complexity index is 888. The van der Waals surface area contributed by atoms with E-state index in [0.717, 1.165) is 28.8 Å². The largest absolute Gasteiger partial charge is 0.424 e. The monoisotopic (exact) mass is 314 g/mol. The highest BCUT2D eigenvalue weighted by Gasteiger charge is 2.15. The van der Waals surface area contributed by atoms with Crippen LogP contribution in [-0.4, -0.2) is 20.7 Å². The molecule has 0 spiro atoms. The molecule has 0 radical (unpaired) electrons. The fraction of sp³-hybridized carbons (Fsp3) is 0.0526. The molecule has 0 unspecified atom stereocenters. The van der Waals surface area contributed by atoms with Gasteiger partial charge in [-0.05, 0) is 23.8 Å². The summed E-state index contributed by atoms with van der Waals surface area (Å²) in [4.78, 5) is 17.2. The van der Waals surface area contributed by atoms with Gasteiger partial charge in [0.2, 0.25) is 0 Å². The molecule has 3 heterocycles. The third-order valence-corrected chi connectivity index (χ3v) is 3.68. The molecule has 5 heteroatoms. The molecule has 116 valence electrons. The first-order valence-corrected chi connectivity index (χ1v) is 7.60. The van der Waals surface area contributed by atoms with E-state index in [1.807, 2.05) is 54.9 Å². The zero-order valence-electron chi connectivity index (χ0n) is 12.8. The van der Waals surface area contributed by atoms with Crippen molar-refractivity contribution in [2.45, 2.75) is 6.42 Å². The predicted molar refractivity (Wildman–Crippen MR) is 91.9 cm³/mol. The number of aromatic nitrogens is 3. The maximum absolute atomic E-state index is 5.61. The zero-order chi connectivity index (χ0) is 16.2. The van der Waals surface area contributed by atoms with Crippen LogP contribution in [0.1, 0.15) is 17.5 Å². The Morgan fingerprint density at radius 3 is 2.42 bits per heavy atom. The van der Waals surface area contributed by atoms with Crippen LogP contribution in [0.3, 0.4) is 0 Å². The number of hydrogen-bond donors (Lipinski definition) is 0. The number of pyridine rings is 1. The molecular weight excluding hydrogens is 300 g/mol. The molecule has 1 aliphatic rings. The lowest BCUT2D eigenvalue weighted by molar-refractivity contribution is 0.441. The number of rotatable bonds is 4. The van der Waals surface area contributed by atoms with Crippen LogP contribution in [0.5, 0.6) is 11.8 Å². The van der Waals surface area contributed by atoms with Crippen LogP contribution in [-0.2, 0) is 0 Å². The number of benzene rings is 1. The van der Waals surface area contributed by atoms with Gasteiger partial charge in [0.05, 0.1) is 5.71 Å². The zero-order valence-corrected chi connectivity index (χ0v) is 12.8. The molecule has 0 bridgehead atoms. The topological polar surface area (TPSA) is 60.3 Å². The summed E-state index contributed by atoms with van der Waals surface area (Å²) in [6.45, 7) is 0. The van der Waals surface area contributed by atoms with Gasteiger partial charge in [0.1, 0.15) is 5.75 Å². The van der Waals surface area contributed by atoms with Gasteiger partial charge in [-0.3, -0.25) is 9.98 Å². The lowest BCUT2D eigenvalue weighted by Gasteiger charge is -2.05. The summed E-state index contributed by atoms with van der Waals surface area (Å²) < 4.78 is 5.61. The van der Waals surface area contributed by atoms with Crippen molar-refractivity contribution >= 4 is 11.3 Å². The van der Waals surface area contributed by atoms with Crippen LogP contribution < -0.4 is 4.74 Å². The first-order valence-electron chi connectivity index (χ1n) is 7.60. The Hall–Kier alpha value is -3.34. The number of nitrogens with zero attached hydrogens (tertiary/aromatic N) is 4. The summed E-state index contributed by atoms with van der Waals surface area (Å²) >= 11 is 0. The Kier molecular flexibility index (Phi) is 3.81. The van der Waals surface area contributed by atoms with E-state index in [9.17, 15) is 0 Å². The van der Waals surface area contributed by atoms with Gasteiger partial charge >= 0.3 is 6.01 Å². The normalized spacial score (nSPS) is 13.3. The minimum Gasteiger partial charge on any atom is -0.424 e. The van der Waals surface area contributed by atoms with Gasteiger partial charge in [-0.25, -0.2) is 9.97 Å². The molecule has 0 aliphatic carbocycles. The number of para-hydroxylation sites is 1. The number of aliphatic imine (C=N–C) groups is 1. The van der Waals surface area contributed by atoms with Crippen molar-refractivity contribution in [3.63, 3.8) is 0 Å². The van der Waals surface area contributed by atoms with Gasteiger partial charge < -0.3 is 4.74 Å². The van der Waals surface area contributed by atoms with Crippen molar-refractivity contribution in [3.8, 4) is 11.8 Å². The Labute approximate surface area is 139 Å². The van der Waals surface area contributed by atoms with Crippen molar-refractivity contribution in [1.29, 1.82) is 0 Å². The second kappa shape index (κ2) is 6.42. The third kappa shape index (κ3) is 3.05. The molecule has 0 saturated carbocycles. The van der Waals surface area contributed by atoms with Crippen LogP contribution in [0, 0.1) is 0 Å². The fourth-order valence-electron chi connectivity index (χ4n) is 2.44. The fourth-order valence-corrected chi connectivity index (χ4v) is 2.44. The van der Waals surface area contributed by atoms with Crippen LogP contribution in [0.4, 0.5) is 0 Å². The van der Waals surface area contributed by atoms with Crippen LogP contribution >= 0.6 is 0 Å². The van der Waals surface area contributed by atoms with Crippen molar-refractivity contribution < 1.29 is 4.74 Å². The highest BCUT2D eigenvalue weighted by molar-refractivity contribution is 6.08. The van der Waals surface area contributed by atoms with Crippen molar-refractivity contribution in [2.24, 2.45) is 4.99 Å². The maximum Gasteiger partial charge on any atom is 0.321 e. The molecule has 0 fully saturated rings. The average molecular weight is 314 g/mol. The summed E-state index contributed by atoms with van der Waals surface area (Å²) in [6, 6.07) is 13.7. The van der Waals surface area contributed by atoms with Crippen LogP contribution in [0.15, 0.2) is 78.4 Å². The van der Waals surface area contributed by atoms with Crippen molar-refractivity contribution in [2.75, 3.05) is 0 Å². The quantitative estimate of drug-likeness (QED) is 0.733. The highest BCUT2D eigenvalue weighted by atomic mass is 16.5. The van der Waals surface area contributed by atoms with E-state index in [-0.39, 0.29) is 0 Å². The lowest BCUT2D eigenvalue weighted by Crippen LogP contribution is -1.99. The van der Waals surface area contributed by atoms with Gasteiger partial charge in [0.25, 0.3) is 0 Å². The lowest BCUT2D eigenvalue weighted by atomic mass is 10.0. The van der Waals surface area contributed by atoms with E-state index in [1.54, 1.807) is 18.6 Å². The van der Waals surface area contributed by atoms with E-state index < -0.39 is 0 Å². The number of ether oxygens (including phenoxy) is 1. The van der Waals surface area contributed by atoms with Gasteiger partial charge in [-0.2, -0.15) is 0 Å². The van der Waals surface area contributed by atoms with Crippen LogP contribution in [0.2, 0.25) is 0 Å². The Morgan fingerprint density at radius 1 is 0.833 bits per heavy atom. The first kappa shape index (κ1) is 14.3. The molecule has 4 rings (SSSR count). The predicted octanol–water partition coefficient (Wildman–Crippen LogP) is 3.90. The Morgan fingerprint density at radius 2 is 1.67 bits per heavy atom. The summed E-state index contributed by atoms with van der Waals surface area (Å²) in [5, 5.41) is 0. The van der Waals surface area contributed by atoms with E-state index >= 15 is 0 Å². The van der Waals surface area contributed by atoms with Crippen molar-refractivity contribution in [1.82, 2.24) is 15.0 Å². The summed E-state index contributed by atoms with van der Waals surface area (Å²) in [7, 11) is 0. The molecule has 3 aromatic rings. The standard InChI is InChI=1S/C19H14N4O/c1-2-6-17(7-3-1)24-19-22-12-16(13-23-19)15-9-18(21-11-15)14-5-4-8-20-10-14/h1-8,10-13H,9H2. The van der Waals surface area contributed by atoms with Gasteiger partial charge in [-0.1, -0.05) is 24.3 Å². The second-order valence-corrected chi connectivity index (χ2v) is 5.32. The summed E-state index contributed by atoms with van der Waals surface area (Å²) in [5.74, 6) is 0.715. The molecule has 0 N–H and O–H groups in total. The van der Waals surface area contributed by atoms with Crippen molar-refractivity contribution in [3.05, 3.63) is 84.6 Å². The van der Waals surface area contributed by atoms with Gasteiger partial charge in [-0.15, -0.1) is 0 Å². The molecule has 1 aromatic carbocycles. The van der Waals surface area contributed by atoms with E-state index in [1.165, 1.54) is 0 Å². The van der Waals surface area contributed by atoms with E-state index in [0.29, 0.717) is 11.8 Å². The average Bonchev–Trinajstić information content (AvgIpc) is 3.14. The summed E-state index contributed by atoms with van der Waals surface area (Å²) in [5.41, 5.74) is 4.06. The summed E-state index contributed by atoms with van der Waals surface area (Å²) in [6.07, 6.45) is 9.71. The molecule has 24 heavy (non-hydrogen) atoms. The molecule has 5 nitrogen and oxygen atoms in total. The maximum atomic E-state index is 5.61. The SMILES string of the molecule is C1=C(c2cnc(Oc3ccccc3)nc2)CC(c2cccnc2)=N1. The number of hydrogen-bond acceptors (Lipinski definition) is 5. The molecule has 0 saturated heterocycles. The van der Waals surface area contributed by atoms with E-state index in [2.05, 4.69) is 19.9 Å². The Balaban J connectivity index is 1.45. The number of allylic oxidation sites excluding steroid dienone is 1. The minimum atomic E-state index is 0.331. The molecule has 2 aromatic heterocycles. The third-order valence-electron chi connectivity index (χ3n) is 3.68. The molecular formula is C19H14N4O. The molecule has 0 atom stereocenters. The van der Waals surface area contributed by atoms with Crippen LogP contribution in [0.25, 0.3) is 5.57 Å². The smallest absolute Gasteiger partial charge is 0.321 e. The van der Waals surface area contributed by atoms with Gasteiger partial charge in [0.15, 0.2) is 0 Å². The second-order valence-electron chi connectivity index (χ2n) is 5.32. The molecule has 0 amide bonds. The van der Waals surface area contributed by atoms with Gasteiger partial charge in [0, 0.05) is 48.5 Å². The molecule has 1 aliphatic heterocycles.